The number of nitro benzene ring substituents is 1. The number of ether oxygens (including phenoxy) is 6. The molecule has 57 heavy (non-hydrogen) atoms. The minimum Gasteiger partial charge on any atom is -0.502 e. The van der Waals surface area contributed by atoms with E-state index in [0.29, 0.717) is 54.4 Å². The normalized spacial score (nSPS) is 21.1. The number of hydrogen-bond acceptors (Lipinski definition) is 13. The molecule has 0 saturated carbocycles. The van der Waals surface area contributed by atoms with Crippen molar-refractivity contribution in [2.75, 3.05) is 58.7 Å². The Hall–Kier alpha value is -6.71. The summed E-state index contributed by atoms with van der Waals surface area (Å²) in [6, 6.07) is 21.4. The van der Waals surface area contributed by atoms with Crippen molar-refractivity contribution in [2.45, 2.75) is 24.5 Å². The summed E-state index contributed by atoms with van der Waals surface area (Å²) in [5.74, 6) is -1.88. The topological polar surface area (TPSA) is 188 Å². The molecule has 4 aliphatic rings. The number of nitrogens with one attached hydrogen (secondary N) is 1. The summed E-state index contributed by atoms with van der Waals surface area (Å²) in [5, 5.41) is 24.7. The van der Waals surface area contributed by atoms with Crippen molar-refractivity contribution >= 4 is 29.3 Å². The summed E-state index contributed by atoms with van der Waals surface area (Å²) in [6.45, 7) is 1.63. The van der Waals surface area contributed by atoms with Gasteiger partial charge in [-0.05, 0) is 53.1 Å². The SMILES string of the molecule is COc1cc([C@@H]2c3cc4c(cc3[C@@H](OC(=O)N[C@H](Cc3ccccc3)C(=O)N3CCN(c5ccc([N+](=O)[O-])cc5)CC3)[C@H]3COC(=O)[C@H]23)OCO4)cc(OC)c1O. The number of phenols is 1. The Morgan fingerprint density at radius 1 is 0.912 bits per heavy atom. The largest absolute Gasteiger partial charge is 0.502 e. The van der Waals surface area contributed by atoms with Gasteiger partial charge in [0.25, 0.3) is 5.69 Å². The molecule has 4 aromatic rings. The fourth-order valence-corrected chi connectivity index (χ4v) is 8.29. The van der Waals surface area contributed by atoms with E-state index in [9.17, 15) is 29.6 Å². The van der Waals surface area contributed by atoms with Crippen molar-refractivity contribution in [3.05, 3.63) is 111 Å². The van der Waals surface area contributed by atoms with Crippen molar-refractivity contribution in [1.29, 1.82) is 0 Å². The second-order valence-electron chi connectivity index (χ2n) is 14.2. The number of phenolic OH excluding ortho intramolecular Hbond substituents is 1. The average Bonchev–Trinajstić information content (AvgIpc) is 3.86. The van der Waals surface area contributed by atoms with E-state index in [1.165, 1.54) is 26.4 Å². The molecule has 2 saturated heterocycles. The maximum absolute atomic E-state index is 14.2. The van der Waals surface area contributed by atoms with E-state index in [2.05, 4.69) is 5.32 Å². The number of esters is 1. The van der Waals surface area contributed by atoms with E-state index in [0.717, 1.165) is 11.3 Å². The van der Waals surface area contributed by atoms with Crippen molar-refractivity contribution in [1.82, 2.24) is 10.2 Å². The summed E-state index contributed by atoms with van der Waals surface area (Å²) >= 11 is 0. The number of fused-ring (bicyclic) bond motifs is 3. The molecule has 2 amide bonds. The number of nitro groups is 1. The third kappa shape index (κ3) is 7.14. The zero-order valence-electron chi connectivity index (χ0n) is 31.1. The number of piperazine rings is 1. The van der Waals surface area contributed by atoms with Crippen LogP contribution >= 0.6 is 0 Å². The maximum Gasteiger partial charge on any atom is 0.408 e. The van der Waals surface area contributed by atoms with Gasteiger partial charge < -0.3 is 48.6 Å². The van der Waals surface area contributed by atoms with Gasteiger partial charge in [0.1, 0.15) is 12.1 Å². The fraction of sp³-hybridized carbons (Fsp3) is 0.341. The molecule has 0 bridgehead atoms. The molecule has 0 aromatic heterocycles. The second-order valence-corrected chi connectivity index (χ2v) is 14.2. The standard InChI is InChI=1S/C41H40N4O12/c1-52-33-17-24(18-34(53-2)37(33)46)35-27-19-31-32(56-22-55-31)20-28(27)38(29-21-54-40(48)36(29)35)57-41(49)42-30(16-23-6-4-3-5-7-23)39(47)44-14-12-43(13-15-44)25-8-10-26(11-9-25)45(50)51/h3-11,17-20,29-30,35-36,38,46H,12-16,21-22H2,1-2H3,(H,42,49)/t29-,30+,35+,36-,38+/m0/s1. The number of methoxy groups -OCH3 is 2. The van der Waals surface area contributed by atoms with Gasteiger partial charge in [0, 0.05) is 67.8 Å². The zero-order chi connectivity index (χ0) is 39.8. The van der Waals surface area contributed by atoms with Gasteiger partial charge in [-0.2, -0.15) is 0 Å². The van der Waals surface area contributed by atoms with Gasteiger partial charge in [-0.25, -0.2) is 4.79 Å². The predicted octanol–water partition coefficient (Wildman–Crippen LogP) is 4.71. The molecule has 4 aromatic carbocycles. The molecular formula is C41H40N4O12. The first-order valence-corrected chi connectivity index (χ1v) is 18.5. The molecule has 1 aliphatic carbocycles. The Labute approximate surface area is 326 Å². The van der Waals surface area contributed by atoms with Gasteiger partial charge in [-0.3, -0.25) is 19.7 Å². The lowest BCUT2D eigenvalue weighted by atomic mass is 9.66. The summed E-state index contributed by atoms with van der Waals surface area (Å²) in [6.07, 6.45) is -1.65. The van der Waals surface area contributed by atoms with Crippen molar-refractivity contribution in [3.63, 3.8) is 0 Å². The number of amides is 2. The first kappa shape index (κ1) is 37.2. The Morgan fingerprint density at radius 3 is 2.19 bits per heavy atom. The van der Waals surface area contributed by atoms with Crippen molar-refractivity contribution in [3.8, 4) is 28.7 Å². The minimum atomic E-state index is -0.993. The molecular weight excluding hydrogens is 740 g/mol. The number of nitrogens with zero attached hydrogens (tertiary/aromatic N) is 3. The zero-order valence-corrected chi connectivity index (χ0v) is 31.1. The smallest absolute Gasteiger partial charge is 0.408 e. The van der Waals surface area contributed by atoms with E-state index in [1.54, 1.807) is 41.3 Å². The Morgan fingerprint density at radius 2 is 1.56 bits per heavy atom. The Bertz CT molecular complexity index is 2170. The highest BCUT2D eigenvalue weighted by Crippen LogP contribution is 2.56. The number of hydrogen-bond donors (Lipinski definition) is 2. The number of non-ortho nitro benzene ring substituents is 1. The number of anilines is 1. The average molecular weight is 781 g/mol. The molecule has 0 radical (unpaired) electrons. The lowest BCUT2D eigenvalue weighted by Gasteiger charge is -2.39. The van der Waals surface area contributed by atoms with Crippen LogP contribution in [0.15, 0.2) is 78.9 Å². The number of cyclic esters (lactones) is 1. The lowest BCUT2D eigenvalue weighted by molar-refractivity contribution is -0.384. The minimum absolute atomic E-state index is 0.00155. The molecule has 16 heteroatoms. The number of carbonyl (C=O) groups excluding carboxylic acids is 3. The highest BCUT2D eigenvalue weighted by Gasteiger charge is 2.54. The van der Waals surface area contributed by atoms with Crippen LogP contribution in [0.25, 0.3) is 0 Å². The highest BCUT2D eigenvalue weighted by atomic mass is 16.7. The molecule has 2 N–H and O–H groups in total. The van der Waals surface area contributed by atoms with E-state index < -0.39 is 46.9 Å². The van der Waals surface area contributed by atoms with Gasteiger partial charge in [0.15, 0.2) is 23.0 Å². The quantitative estimate of drug-likeness (QED) is 0.128. The van der Waals surface area contributed by atoms with Gasteiger partial charge in [-0.1, -0.05) is 30.3 Å². The highest BCUT2D eigenvalue weighted by molar-refractivity contribution is 5.86. The molecule has 3 aliphatic heterocycles. The first-order chi connectivity index (χ1) is 27.6. The predicted molar refractivity (Wildman–Crippen MR) is 202 cm³/mol. The monoisotopic (exact) mass is 780 g/mol. The lowest BCUT2D eigenvalue weighted by Crippen LogP contribution is -2.56. The van der Waals surface area contributed by atoms with Crippen LogP contribution < -0.4 is 29.2 Å². The van der Waals surface area contributed by atoms with Crippen molar-refractivity contribution < 1.29 is 52.8 Å². The van der Waals surface area contributed by atoms with Crippen molar-refractivity contribution in [2.24, 2.45) is 11.8 Å². The molecule has 296 valence electrons. The van der Waals surface area contributed by atoms with E-state index >= 15 is 0 Å². The van der Waals surface area contributed by atoms with Crippen LogP contribution in [0, 0.1) is 22.0 Å². The summed E-state index contributed by atoms with van der Waals surface area (Å²) < 4.78 is 34.3. The van der Waals surface area contributed by atoms with Gasteiger partial charge in [0.2, 0.25) is 18.4 Å². The van der Waals surface area contributed by atoms with Crippen LogP contribution in [-0.4, -0.2) is 92.7 Å². The molecule has 0 unspecified atom stereocenters. The fourth-order valence-electron chi connectivity index (χ4n) is 8.29. The molecule has 8 rings (SSSR count). The number of alkyl carbamates (subject to hydrolysis) is 1. The molecule has 2 fully saturated rings. The van der Waals surface area contributed by atoms with Crippen LogP contribution in [0.4, 0.5) is 16.2 Å². The van der Waals surface area contributed by atoms with Gasteiger partial charge >= 0.3 is 12.1 Å². The van der Waals surface area contributed by atoms with Gasteiger partial charge in [-0.15, -0.1) is 0 Å². The van der Waals surface area contributed by atoms with E-state index in [1.807, 2.05) is 35.2 Å². The van der Waals surface area contributed by atoms with E-state index in [-0.39, 0.29) is 48.7 Å². The van der Waals surface area contributed by atoms with Crippen LogP contribution in [0.1, 0.15) is 34.3 Å². The molecule has 3 heterocycles. The Balaban J connectivity index is 1.07. The van der Waals surface area contributed by atoms with Crippen LogP contribution in [-0.2, 0) is 25.5 Å². The summed E-state index contributed by atoms with van der Waals surface area (Å²) in [5.41, 5.74) is 3.42. The molecule has 5 atom stereocenters. The second kappa shape index (κ2) is 15.4. The third-order valence-electron chi connectivity index (χ3n) is 11.1. The maximum atomic E-state index is 14.2. The number of benzene rings is 4. The van der Waals surface area contributed by atoms with Crippen LogP contribution in [0.2, 0.25) is 0 Å². The Kier molecular flexibility index (Phi) is 10.1. The third-order valence-corrected chi connectivity index (χ3v) is 11.1. The number of aromatic hydroxyl groups is 1. The van der Waals surface area contributed by atoms with E-state index in [4.69, 9.17) is 28.4 Å². The first-order valence-electron chi connectivity index (χ1n) is 18.5. The molecule has 16 nitrogen and oxygen atoms in total. The summed E-state index contributed by atoms with van der Waals surface area (Å²) in [7, 11) is 2.83. The van der Waals surface area contributed by atoms with Crippen LogP contribution in [0.5, 0.6) is 28.7 Å². The summed E-state index contributed by atoms with van der Waals surface area (Å²) in [4.78, 5) is 56.3. The molecule has 0 spiro atoms. The van der Waals surface area contributed by atoms with Gasteiger partial charge in [0.05, 0.1) is 31.7 Å². The number of carbonyl (C=O) groups is 3. The number of rotatable bonds is 10. The van der Waals surface area contributed by atoms with Crippen LogP contribution in [0.3, 0.4) is 0 Å².